The van der Waals surface area contributed by atoms with Crippen LogP contribution in [0.5, 0.6) is 0 Å². The minimum Gasteiger partial charge on any atom is -0.336 e. The smallest absolute Gasteiger partial charge is 0.225 e. The number of carbonyl (C=O) groups is 1. The van der Waals surface area contributed by atoms with Crippen LogP contribution in [-0.2, 0) is 4.79 Å². The fourth-order valence-electron chi connectivity index (χ4n) is 3.73. The first-order valence-electron chi connectivity index (χ1n) is 8.23. The Morgan fingerprint density at radius 2 is 2.12 bits per heavy atom. The van der Waals surface area contributed by atoms with E-state index in [1.165, 1.54) is 0 Å². The van der Waals surface area contributed by atoms with Crippen molar-refractivity contribution in [3.63, 3.8) is 0 Å². The van der Waals surface area contributed by atoms with Crippen LogP contribution in [0.25, 0.3) is 5.69 Å². The van der Waals surface area contributed by atoms with Crippen LogP contribution in [0.1, 0.15) is 24.4 Å². The second-order valence-corrected chi connectivity index (χ2v) is 6.51. The van der Waals surface area contributed by atoms with Crippen molar-refractivity contribution in [1.29, 1.82) is 5.26 Å². The first-order chi connectivity index (χ1) is 11.7. The van der Waals surface area contributed by atoms with Gasteiger partial charge in [-0.25, -0.2) is 4.68 Å². The number of amides is 1. The molecule has 5 nitrogen and oxygen atoms in total. The molecular formula is C19H18N4O. The number of fused-ring (bicyclic) bond motifs is 2. The topological polar surface area (TPSA) is 70.7 Å². The number of hydrogen-bond donors (Lipinski definition) is 1. The number of allylic oxidation sites excluding steroid dienone is 2. The Hall–Kier alpha value is -2.87. The average Bonchev–Trinajstić information content (AvgIpc) is 3.36. The van der Waals surface area contributed by atoms with E-state index in [2.05, 4.69) is 28.6 Å². The molecule has 1 amide bonds. The lowest BCUT2D eigenvalue weighted by Crippen LogP contribution is -2.35. The van der Waals surface area contributed by atoms with Crippen molar-refractivity contribution in [2.45, 2.75) is 18.9 Å². The average molecular weight is 318 g/mol. The lowest BCUT2D eigenvalue weighted by Gasteiger charge is -2.19. The first kappa shape index (κ1) is 14.7. The SMILES string of the molecule is N#C[C@@H](NC(=O)[C@@H]1C[C@H]2C=C[C@H]1C2)c1cnn(-c2ccccc2)c1. The van der Waals surface area contributed by atoms with Gasteiger partial charge >= 0.3 is 0 Å². The van der Waals surface area contributed by atoms with E-state index in [4.69, 9.17) is 0 Å². The summed E-state index contributed by atoms with van der Waals surface area (Å²) < 4.78 is 1.71. The molecule has 1 fully saturated rings. The zero-order chi connectivity index (χ0) is 16.5. The molecule has 2 bridgehead atoms. The Morgan fingerprint density at radius 1 is 1.29 bits per heavy atom. The molecule has 2 aliphatic carbocycles. The normalized spacial score (nSPS) is 25.4. The van der Waals surface area contributed by atoms with Gasteiger partial charge in [0.2, 0.25) is 5.91 Å². The third kappa shape index (κ3) is 2.61. The Labute approximate surface area is 140 Å². The summed E-state index contributed by atoms with van der Waals surface area (Å²) in [6, 6.07) is 11.2. The number of para-hydroxylation sites is 1. The summed E-state index contributed by atoms with van der Waals surface area (Å²) in [6.45, 7) is 0. The van der Waals surface area contributed by atoms with Gasteiger partial charge < -0.3 is 5.32 Å². The molecule has 5 heteroatoms. The second-order valence-electron chi connectivity index (χ2n) is 6.51. The Kier molecular flexibility index (Phi) is 3.66. The zero-order valence-electron chi connectivity index (χ0n) is 13.2. The highest BCUT2D eigenvalue weighted by Gasteiger charge is 2.40. The van der Waals surface area contributed by atoms with E-state index in [0.29, 0.717) is 17.4 Å². The van der Waals surface area contributed by atoms with Crippen molar-refractivity contribution in [2.75, 3.05) is 0 Å². The molecule has 2 aromatic rings. The number of nitriles is 1. The number of benzene rings is 1. The van der Waals surface area contributed by atoms with Gasteiger partial charge in [0, 0.05) is 17.7 Å². The summed E-state index contributed by atoms with van der Waals surface area (Å²) in [5.41, 5.74) is 1.62. The molecular weight excluding hydrogens is 300 g/mol. The molecule has 120 valence electrons. The molecule has 24 heavy (non-hydrogen) atoms. The Bertz CT molecular complexity index is 817. The van der Waals surface area contributed by atoms with Crippen LogP contribution in [0.2, 0.25) is 0 Å². The molecule has 4 rings (SSSR count). The molecule has 4 atom stereocenters. The maximum atomic E-state index is 12.5. The quantitative estimate of drug-likeness (QED) is 0.881. The molecule has 1 aromatic heterocycles. The summed E-state index contributed by atoms with van der Waals surface area (Å²) in [4.78, 5) is 12.5. The molecule has 0 saturated heterocycles. The van der Waals surface area contributed by atoms with Gasteiger partial charge in [-0.1, -0.05) is 30.4 Å². The maximum Gasteiger partial charge on any atom is 0.225 e. The van der Waals surface area contributed by atoms with Crippen molar-refractivity contribution in [3.05, 3.63) is 60.4 Å². The number of rotatable bonds is 4. The van der Waals surface area contributed by atoms with E-state index in [0.717, 1.165) is 18.5 Å². The van der Waals surface area contributed by atoms with Crippen molar-refractivity contribution < 1.29 is 4.79 Å². The molecule has 0 aliphatic heterocycles. The van der Waals surface area contributed by atoms with Gasteiger partial charge in [0.05, 0.1) is 18.0 Å². The minimum atomic E-state index is -0.668. The van der Waals surface area contributed by atoms with Crippen LogP contribution in [0.15, 0.2) is 54.9 Å². The predicted octanol–water partition coefficient (Wildman–Crippen LogP) is 2.77. The van der Waals surface area contributed by atoms with Crippen molar-refractivity contribution in [3.8, 4) is 11.8 Å². The largest absolute Gasteiger partial charge is 0.336 e. The van der Waals surface area contributed by atoms with Gasteiger partial charge in [-0.15, -0.1) is 0 Å². The Balaban J connectivity index is 1.48. The van der Waals surface area contributed by atoms with Crippen LogP contribution < -0.4 is 5.32 Å². The summed E-state index contributed by atoms with van der Waals surface area (Å²) >= 11 is 0. The van der Waals surface area contributed by atoms with Crippen LogP contribution in [0, 0.1) is 29.1 Å². The van der Waals surface area contributed by atoms with E-state index in [-0.39, 0.29) is 11.8 Å². The van der Waals surface area contributed by atoms with E-state index < -0.39 is 6.04 Å². The number of nitrogens with one attached hydrogen (secondary N) is 1. The fraction of sp³-hybridized carbons (Fsp3) is 0.316. The van der Waals surface area contributed by atoms with Gasteiger partial charge in [-0.3, -0.25) is 4.79 Å². The van der Waals surface area contributed by atoms with Crippen molar-refractivity contribution in [2.24, 2.45) is 17.8 Å². The van der Waals surface area contributed by atoms with E-state index >= 15 is 0 Å². The minimum absolute atomic E-state index is 0.0000169. The number of nitrogens with zero attached hydrogens (tertiary/aromatic N) is 3. The maximum absolute atomic E-state index is 12.5. The lowest BCUT2D eigenvalue weighted by molar-refractivity contribution is -0.126. The summed E-state index contributed by atoms with van der Waals surface area (Å²) in [6.07, 6.45) is 9.76. The molecule has 0 unspecified atom stereocenters. The monoisotopic (exact) mass is 318 g/mol. The number of hydrogen-bond acceptors (Lipinski definition) is 3. The van der Waals surface area contributed by atoms with Crippen molar-refractivity contribution in [1.82, 2.24) is 15.1 Å². The highest BCUT2D eigenvalue weighted by Crippen LogP contribution is 2.43. The van der Waals surface area contributed by atoms with Gasteiger partial charge in [-0.2, -0.15) is 10.4 Å². The number of carbonyl (C=O) groups excluding carboxylic acids is 1. The van der Waals surface area contributed by atoms with Crippen LogP contribution in [0.3, 0.4) is 0 Å². The van der Waals surface area contributed by atoms with Gasteiger partial charge in [0.15, 0.2) is 0 Å². The third-order valence-electron chi connectivity index (χ3n) is 4.99. The summed E-state index contributed by atoms with van der Waals surface area (Å²) in [7, 11) is 0. The third-order valence-corrected chi connectivity index (χ3v) is 4.99. The van der Waals surface area contributed by atoms with Crippen molar-refractivity contribution >= 4 is 5.91 Å². The molecule has 1 aromatic carbocycles. The van der Waals surface area contributed by atoms with E-state index in [1.54, 1.807) is 17.1 Å². The van der Waals surface area contributed by atoms with Crippen LogP contribution in [-0.4, -0.2) is 15.7 Å². The lowest BCUT2D eigenvalue weighted by atomic mass is 9.92. The molecule has 2 aliphatic rings. The predicted molar refractivity (Wildman–Crippen MR) is 88.9 cm³/mol. The molecule has 1 saturated carbocycles. The van der Waals surface area contributed by atoms with Gasteiger partial charge in [0.1, 0.15) is 6.04 Å². The highest BCUT2D eigenvalue weighted by molar-refractivity contribution is 5.80. The summed E-state index contributed by atoms with van der Waals surface area (Å²) in [5.74, 6) is 0.847. The van der Waals surface area contributed by atoms with E-state index in [1.807, 2.05) is 30.3 Å². The first-order valence-corrected chi connectivity index (χ1v) is 8.23. The fourth-order valence-corrected chi connectivity index (χ4v) is 3.73. The standard InChI is InChI=1S/C19H18N4O/c20-10-18(22-19(24)17-9-13-6-7-14(17)8-13)15-11-21-23(12-15)16-4-2-1-3-5-16/h1-7,11-14,17-18H,8-9H2,(H,22,24)/t13-,14-,17+,18+/m0/s1. The molecule has 1 N–H and O–H groups in total. The molecule has 1 heterocycles. The highest BCUT2D eigenvalue weighted by atomic mass is 16.2. The van der Waals surface area contributed by atoms with Gasteiger partial charge in [-0.05, 0) is 36.8 Å². The van der Waals surface area contributed by atoms with Crippen LogP contribution >= 0.6 is 0 Å². The molecule has 0 spiro atoms. The molecule has 0 radical (unpaired) electrons. The number of aromatic nitrogens is 2. The van der Waals surface area contributed by atoms with Gasteiger partial charge in [0.25, 0.3) is 0 Å². The zero-order valence-corrected chi connectivity index (χ0v) is 13.2. The second kappa shape index (κ2) is 5.97. The summed E-state index contributed by atoms with van der Waals surface area (Å²) in [5, 5.41) is 16.7. The Morgan fingerprint density at radius 3 is 2.79 bits per heavy atom. The van der Waals surface area contributed by atoms with Crippen LogP contribution in [0.4, 0.5) is 0 Å². The van der Waals surface area contributed by atoms with E-state index in [9.17, 15) is 10.1 Å².